The third kappa shape index (κ3) is 4.93. The van der Waals surface area contributed by atoms with Gasteiger partial charge in [0, 0.05) is 11.3 Å². The lowest BCUT2D eigenvalue weighted by Gasteiger charge is -2.24. The molecule has 3 rings (SSSR count). The van der Waals surface area contributed by atoms with Crippen LogP contribution < -0.4 is 10.6 Å². The Kier molecular flexibility index (Phi) is 6.35. The van der Waals surface area contributed by atoms with Crippen LogP contribution in [0.1, 0.15) is 41.4 Å². The first-order chi connectivity index (χ1) is 13.5. The number of ketones is 1. The van der Waals surface area contributed by atoms with Gasteiger partial charge in [-0.3, -0.25) is 14.9 Å². The minimum absolute atomic E-state index is 0.0320. The number of benzene rings is 3. The fourth-order valence-electron chi connectivity index (χ4n) is 3.07. The predicted molar refractivity (Wildman–Crippen MR) is 112 cm³/mol. The van der Waals surface area contributed by atoms with Gasteiger partial charge >= 0.3 is 0 Å². The lowest BCUT2D eigenvalue weighted by molar-refractivity contribution is -0.117. The highest BCUT2D eigenvalue weighted by atomic mass is 16.2. The maximum Gasteiger partial charge on any atom is 0.241 e. The van der Waals surface area contributed by atoms with E-state index < -0.39 is 6.04 Å². The van der Waals surface area contributed by atoms with Gasteiger partial charge in [0.25, 0.3) is 0 Å². The van der Waals surface area contributed by atoms with Crippen molar-refractivity contribution in [3.63, 3.8) is 0 Å². The normalized spacial score (nSPS) is 11.8. The summed E-state index contributed by atoms with van der Waals surface area (Å²) in [5, 5.41) is 6.32. The van der Waals surface area contributed by atoms with E-state index in [0.717, 1.165) is 11.1 Å². The van der Waals surface area contributed by atoms with E-state index in [1.807, 2.05) is 67.6 Å². The van der Waals surface area contributed by atoms with E-state index in [1.165, 1.54) is 6.92 Å². The zero-order chi connectivity index (χ0) is 19.9. The molecular weight excluding hydrogens is 348 g/mol. The number of amides is 1. The molecule has 0 aromatic heterocycles. The van der Waals surface area contributed by atoms with Crippen LogP contribution in [0.4, 0.5) is 5.69 Å². The minimum Gasteiger partial charge on any atom is -0.325 e. The van der Waals surface area contributed by atoms with Crippen LogP contribution in [0.5, 0.6) is 0 Å². The first kappa shape index (κ1) is 19.5. The molecule has 0 unspecified atom stereocenters. The summed E-state index contributed by atoms with van der Waals surface area (Å²) in [6.45, 7) is 3.35. The third-order valence-corrected chi connectivity index (χ3v) is 4.61. The maximum atomic E-state index is 12.7. The largest absolute Gasteiger partial charge is 0.325 e. The molecule has 3 aromatic rings. The molecule has 0 fully saturated rings. The van der Waals surface area contributed by atoms with Crippen molar-refractivity contribution in [2.45, 2.75) is 25.9 Å². The van der Waals surface area contributed by atoms with Crippen LogP contribution in [-0.2, 0) is 4.79 Å². The topological polar surface area (TPSA) is 58.2 Å². The molecule has 0 aliphatic heterocycles. The summed E-state index contributed by atoms with van der Waals surface area (Å²) in [6.07, 6.45) is 0. The Bertz CT molecular complexity index is 900. The van der Waals surface area contributed by atoms with E-state index in [2.05, 4.69) is 10.6 Å². The smallest absolute Gasteiger partial charge is 0.241 e. The fourth-order valence-corrected chi connectivity index (χ4v) is 3.07. The van der Waals surface area contributed by atoms with Crippen LogP contribution in [-0.4, -0.2) is 17.7 Å². The molecule has 1 atom stereocenters. The first-order valence-corrected chi connectivity index (χ1v) is 9.32. The number of carbonyl (C=O) groups excluding carboxylic acids is 2. The Balaban J connectivity index is 1.76. The molecule has 1 amide bonds. The Hall–Kier alpha value is -3.24. The highest BCUT2D eigenvalue weighted by Crippen LogP contribution is 2.22. The highest BCUT2D eigenvalue weighted by Gasteiger charge is 2.20. The Labute approximate surface area is 165 Å². The van der Waals surface area contributed by atoms with Gasteiger partial charge in [0.05, 0.1) is 12.1 Å². The molecule has 142 valence electrons. The quantitative estimate of drug-likeness (QED) is 0.596. The van der Waals surface area contributed by atoms with Gasteiger partial charge in [0.15, 0.2) is 5.78 Å². The van der Waals surface area contributed by atoms with E-state index in [1.54, 1.807) is 24.3 Å². The molecule has 0 bridgehead atoms. The summed E-state index contributed by atoms with van der Waals surface area (Å²) in [7, 11) is 0. The summed E-state index contributed by atoms with van der Waals surface area (Å²) < 4.78 is 0. The van der Waals surface area contributed by atoms with Crippen LogP contribution in [0.25, 0.3) is 0 Å². The Morgan fingerprint density at radius 3 is 1.89 bits per heavy atom. The van der Waals surface area contributed by atoms with Crippen molar-refractivity contribution in [1.82, 2.24) is 5.32 Å². The van der Waals surface area contributed by atoms with Crippen molar-refractivity contribution < 1.29 is 9.59 Å². The van der Waals surface area contributed by atoms with Crippen molar-refractivity contribution in [2.75, 3.05) is 5.32 Å². The molecule has 4 heteroatoms. The van der Waals surface area contributed by atoms with Crippen LogP contribution in [0.3, 0.4) is 0 Å². The predicted octanol–water partition coefficient (Wildman–Crippen LogP) is 4.60. The van der Waals surface area contributed by atoms with E-state index in [0.29, 0.717) is 11.3 Å². The number of hydrogen-bond acceptors (Lipinski definition) is 3. The number of hydrogen-bond donors (Lipinski definition) is 2. The Morgan fingerprint density at radius 1 is 0.786 bits per heavy atom. The molecule has 0 aliphatic carbocycles. The van der Waals surface area contributed by atoms with E-state index in [9.17, 15) is 9.59 Å². The van der Waals surface area contributed by atoms with Crippen LogP contribution >= 0.6 is 0 Å². The monoisotopic (exact) mass is 372 g/mol. The van der Waals surface area contributed by atoms with Crippen LogP contribution in [0, 0.1) is 0 Å². The third-order valence-electron chi connectivity index (χ3n) is 4.61. The van der Waals surface area contributed by atoms with Crippen molar-refractivity contribution in [3.05, 3.63) is 102 Å². The molecule has 0 heterocycles. The Morgan fingerprint density at radius 2 is 1.36 bits per heavy atom. The van der Waals surface area contributed by atoms with Gasteiger partial charge in [-0.15, -0.1) is 0 Å². The second kappa shape index (κ2) is 9.11. The highest BCUT2D eigenvalue weighted by molar-refractivity contribution is 5.98. The van der Waals surface area contributed by atoms with E-state index in [-0.39, 0.29) is 17.7 Å². The van der Waals surface area contributed by atoms with Gasteiger partial charge in [-0.05, 0) is 37.1 Å². The van der Waals surface area contributed by atoms with Crippen LogP contribution in [0.2, 0.25) is 0 Å². The van der Waals surface area contributed by atoms with Crippen LogP contribution in [0.15, 0.2) is 84.9 Å². The van der Waals surface area contributed by atoms with Crippen molar-refractivity contribution in [3.8, 4) is 0 Å². The minimum atomic E-state index is -0.439. The molecule has 0 spiro atoms. The molecule has 0 aliphatic rings. The molecule has 2 N–H and O–H groups in total. The molecule has 0 saturated heterocycles. The fraction of sp³-hybridized carbons (Fsp3) is 0.167. The van der Waals surface area contributed by atoms with Gasteiger partial charge in [-0.2, -0.15) is 0 Å². The molecule has 28 heavy (non-hydrogen) atoms. The van der Waals surface area contributed by atoms with Crippen molar-refractivity contribution in [2.24, 2.45) is 0 Å². The lowest BCUT2D eigenvalue weighted by atomic mass is 9.98. The summed E-state index contributed by atoms with van der Waals surface area (Å²) >= 11 is 0. The van der Waals surface area contributed by atoms with E-state index >= 15 is 0 Å². The summed E-state index contributed by atoms with van der Waals surface area (Å²) in [4.78, 5) is 24.3. The molecule has 0 saturated carbocycles. The standard InChI is InChI=1S/C24H24N2O2/c1-17(24(28)26-22-15-9-14-21(16-22)18(2)27)25-23(19-10-5-3-6-11-19)20-12-7-4-8-13-20/h3-17,23,25H,1-2H3,(H,26,28)/t17-/m1/s1. The average Bonchev–Trinajstić information content (AvgIpc) is 2.73. The van der Waals surface area contributed by atoms with Gasteiger partial charge in [0.2, 0.25) is 5.91 Å². The van der Waals surface area contributed by atoms with Gasteiger partial charge in [0.1, 0.15) is 0 Å². The average molecular weight is 372 g/mol. The molecule has 4 nitrogen and oxygen atoms in total. The number of anilines is 1. The molecule has 0 radical (unpaired) electrons. The second-order valence-electron chi connectivity index (χ2n) is 6.77. The molecular formula is C24H24N2O2. The zero-order valence-electron chi connectivity index (χ0n) is 16.1. The summed E-state index contributed by atoms with van der Waals surface area (Å²) in [6, 6.07) is 26.5. The summed E-state index contributed by atoms with van der Waals surface area (Å²) in [5.41, 5.74) is 3.37. The number of nitrogens with one attached hydrogen (secondary N) is 2. The van der Waals surface area contributed by atoms with Crippen molar-refractivity contribution >= 4 is 17.4 Å². The lowest BCUT2D eigenvalue weighted by Crippen LogP contribution is -2.40. The number of rotatable bonds is 7. The number of carbonyl (C=O) groups is 2. The number of Topliss-reactive ketones (excluding diaryl/α,β-unsaturated/α-hetero) is 1. The summed E-state index contributed by atoms with van der Waals surface area (Å²) in [5.74, 6) is -0.187. The zero-order valence-corrected chi connectivity index (χ0v) is 16.1. The van der Waals surface area contributed by atoms with Gasteiger partial charge < -0.3 is 5.32 Å². The van der Waals surface area contributed by atoms with Crippen molar-refractivity contribution in [1.29, 1.82) is 0 Å². The van der Waals surface area contributed by atoms with E-state index in [4.69, 9.17) is 0 Å². The first-order valence-electron chi connectivity index (χ1n) is 9.32. The molecule has 3 aromatic carbocycles. The SMILES string of the molecule is CC(=O)c1cccc(NC(=O)[C@@H](C)NC(c2ccccc2)c2ccccc2)c1. The van der Waals surface area contributed by atoms with Gasteiger partial charge in [-0.1, -0.05) is 72.8 Å². The second-order valence-corrected chi connectivity index (χ2v) is 6.77. The maximum absolute atomic E-state index is 12.7. The van der Waals surface area contributed by atoms with Gasteiger partial charge in [-0.25, -0.2) is 0 Å².